The number of carbonyl (C=O) groups excluding carboxylic acids is 2. The smallest absolute Gasteiger partial charge is 0.210 e. The number of hydrogen-bond acceptors (Lipinski definition) is 6. The number of aryl methyl sites for hydroxylation is 4. The fraction of sp³-hybridized carbons (Fsp3) is 0.476. The maximum Gasteiger partial charge on any atom is 0.210 e. The fourth-order valence-corrected chi connectivity index (χ4v) is 6.86. The van der Waals surface area contributed by atoms with E-state index in [9.17, 15) is 14.0 Å². The number of benzene rings is 2. The minimum atomic E-state index is -0.262. The Morgan fingerprint density at radius 2 is 1.79 bits per heavy atom. The number of halogens is 2. The molecule has 2 aliphatic carbocycles. The monoisotopic (exact) mass is 746 g/mol. The molecule has 1 saturated heterocycles. The van der Waals surface area contributed by atoms with E-state index in [0.29, 0.717) is 25.2 Å². The predicted molar refractivity (Wildman–Crippen MR) is 209 cm³/mol. The molecule has 7 rings (SSSR count). The average molecular weight is 747 g/mol. The van der Waals surface area contributed by atoms with Gasteiger partial charge in [-0.2, -0.15) is 0 Å². The number of nitrogens with one attached hydrogen (secondary N) is 1. The summed E-state index contributed by atoms with van der Waals surface area (Å²) >= 11 is 6.03. The second kappa shape index (κ2) is 22.8. The molecule has 0 radical (unpaired) electrons. The Hall–Kier alpha value is -4.12. The predicted octanol–water partition coefficient (Wildman–Crippen LogP) is 7.21. The first-order chi connectivity index (χ1) is 25.8. The third kappa shape index (κ3) is 14.7. The summed E-state index contributed by atoms with van der Waals surface area (Å²) in [6.45, 7) is 8.70. The molecule has 1 aliphatic heterocycles. The van der Waals surface area contributed by atoms with E-state index in [0.717, 1.165) is 81.0 Å². The van der Waals surface area contributed by atoms with E-state index in [4.69, 9.17) is 16.3 Å². The molecule has 1 unspecified atom stereocenters. The molecule has 9 nitrogen and oxygen atoms in total. The van der Waals surface area contributed by atoms with Crippen molar-refractivity contribution in [3.05, 3.63) is 118 Å². The third-order valence-electron chi connectivity index (χ3n) is 9.82. The highest BCUT2D eigenvalue weighted by molar-refractivity contribution is 6.30. The summed E-state index contributed by atoms with van der Waals surface area (Å²) in [5, 5.41) is 4.03. The molecular weight excluding hydrogens is 691 g/mol. The zero-order chi connectivity index (χ0) is 37.8. The van der Waals surface area contributed by atoms with E-state index in [1.54, 1.807) is 23.4 Å². The number of aromatic nitrogens is 3. The summed E-state index contributed by atoms with van der Waals surface area (Å²) in [6, 6.07) is 17.0. The SMILES string of the molecule is CC1CNCCN1C=O.COC1CCCCC1.Cc1cn(CCCN(C=O)Cc2ccc(F)cc2)cn1.Clc1ccc2c(c1)CCc1cccnc1C2. The quantitative estimate of drug-likeness (QED) is 0.182. The van der Waals surface area contributed by atoms with E-state index in [-0.39, 0.29) is 5.82 Å². The molecule has 53 heavy (non-hydrogen) atoms. The Bertz CT molecular complexity index is 1660. The molecule has 3 aliphatic rings. The van der Waals surface area contributed by atoms with Crippen LogP contribution in [0.2, 0.25) is 5.02 Å². The van der Waals surface area contributed by atoms with Crippen molar-refractivity contribution in [2.24, 2.45) is 0 Å². The molecule has 2 aromatic heterocycles. The first-order valence-corrected chi connectivity index (χ1v) is 19.2. The van der Waals surface area contributed by atoms with Gasteiger partial charge in [0, 0.05) is 82.0 Å². The minimum Gasteiger partial charge on any atom is -0.381 e. The van der Waals surface area contributed by atoms with Gasteiger partial charge in [0.05, 0.1) is 18.1 Å². The van der Waals surface area contributed by atoms with E-state index in [2.05, 4.69) is 33.5 Å². The van der Waals surface area contributed by atoms with Crippen LogP contribution < -0.4 is 5.32 Å². The van der Waals surface area contributed by atoms with Crippen LogP contribution in [-0.2, 0) is 46.7 Å². The van der Waals surface area contributed by atoms with Crippen molar-refractivity contribution in [1.82, 2.24) is 29.7 Å². The molecule has 1 atom stereocenters. The number of piperazine rings is 1. The molecular formula is C42H56ClFN6O3. The number of hydrogen-bond donors (Lipinski definition) is 1. The third-order valence-corrected chi connectivity index (χ3v) is 10.1. The van der Waals surface area contributed by atoms with E-state index >= 15 is 0 Å². The fourth-order valence-electron chi connectivity index (χ4n) is 6.67. The molecule has 286 valence electrons. The standard InChI is InChI=1S/C15H18FN3O.C14H12ClN.C7H14O.C6H12N2O/c1-13-9-18(11-17-13)7-2-8-19(12-20)10-14-3-5-15(16)6-4-14;15-13-6-5-12-9-14-10(2-1-7-16-14)3-4-11(12)8-13;1-8-7-5-3-2-4-6-7;1-6-4-7-2-3-8(6)5-9/h3-6,9,11-12H,2,7-8,10H2,1H3;1-2,5-8H,3-4,9H2;7H,2-6H2,1H3;5-7H,2-4H2,1H3. The summed E-state index contributed by atoms with van der Waals surface area (Å²) in [5.41, 5.74) is 7.23. The summed E-state index contributed by atoms with van der Waals surface area (Å²) in [6.07, 6.45) is 18.6. The number of ether oxygens (including phenoxy) is 1. The number of carbonyl (C=O) groups is 2. The second-order valence-corrected chi connectivity index (χ2v) is 14.3. The van der Waals surface area contributed by atoms with Crippen molar-refractivity contribution < 1.29 is 18.7 Å². The summed E-state index contributed by atoms with van der Waals surface area (Å²) in [4.78, 5) is 33.5. The van der Waals surface area contributed by atoms with Gasteiger partial charge in [-0.1, -0.05) is 55.1 Å². The van der Waals surface area contributed by atoms with Gasteiger partial charge in [0.15, 0.2) is 0 Å². The Kier molecular flexibility index (Phi) is 17.9. The number of amides is 2. The molecule has 2 fully saturated rings. The van der Waals surface area contributed by atoms with Crippen molar-refractivity contribution in [2.45, 2.75) is 96.9 Å². The number of imidazole rings is 1. The van der Waals surface area contributed by atoms with Gasteiger partial charge in [0.2, 0.25) is 12.8 Å². The van der Waals surface area contributed by atoms with Gasteiger partial charge in [0.1, 0.15) is 5.82 Å². The van der Waals surface area contributed by atoms with Gasteiger partial charge in [0.25, 0.3) is 0 Å². The molecule has 11 heteroatoms. The first kappa shape index (κ1) is 41.6. The van der Waals surface area contributed by atoms with Crippen LogP contribution in [0.4, 0.5) is 4.39 Å². The molecule has 3 heterocycles. The molecule has 1 saturated carbocycles. The Labute approximate surface area is 319 Å². The van der Waals surface area contributed by atoms with Crippen LogP contribution in [0, 0.1) is 12.7 Å². The van der Waals surface area contributed by atoms with Crippen molar-refractivity contribution in [1.29, 1.82) is 0 Å². The van der Waals surface area contributed by atoms with Crippen LogP contribution >= 0.6 is 11.6 Å². The van der Waals surface area contributed by atoms with Crippen LogP contribution in [0.25, 0.3) is 0 Å². The molecule has 1 N–H and O–H groups in total. The highest BCUT2D eigenvalue weighted by Crippen LogP contribution is 2.25. The van der Waals surface area contributed by atoms with Gasteiger partial charge in [-0.25, -0.2) is 9.37 Å². The van der Waals surface area contributed by atoms with Gasteiger partial charge in [-0.3, -0.25) is 14.6 Å². The van der Waals surface area contributed by atoms with Crippen molar-refractivity contribution in [3.8, 4) is 0 Å². The normalized spacial score (nSPS) is 16.5. The van der Waals surface area contributed by atoms with Crippen LogP contribution in [0.5, 0.6) is 0 Å². The Balaban J connectivity index is 0.000000169. The summed E-state index contributed by atoms with van der Waals surface area (Å²) in [7, 11) is 1.82. The van der Waals surface area contributed by atoms with Crippen molar-refractivity contribution in [3.63, 3.8) is 0 Å². The minimum absolute atomic E-state index is 0.262. The zero-order valence-electron chi connectivity index (χ0n) is 31.6. The lowest BCUT2D eigenvalue weighted by molar-refractivity contribution is -0.120. The molecule has 0 bridgehead atoms. The number of fused-ring (bicyclic) bond motifs is 2. The second-order valence-electron chi connectivity index (χ2n) is 13.9. The zero-order valence-corrected chi connectivity index (χ0v) is 32.3. The van der Waals surface area contributed by atoms with E-state index in [1.165, 1.54) is 66.6 Å². The topological polar surface area (TPSA) is 92.6 Å². The van der Waals surface area contributed by atoms with Crippen LogP contribution in [0.15, 0.2) is 73.3 Å². The van der Waals surface area contributed by atoms with E-state index < -0.39 is 0 Å². The first-order valence-electron chi connectivity index (χ1n) is 18.8. The highest BCUT2D eigenvalue weighted by Gasteiger charge is 2.15. The lowest BCUT2D eigenvalue weighted by Gasteiger charge is -2.30. The highest BCUT2D eigenvalue weighted by atomic mass is 35.5. The molecule has 4 aromatic rings. The average Bonchev–Trinajstić information content (AvgIpc) is 3.52. The molecule has 2 amide bonds. The Morgan fingerprint density at radius 3 is 2.43 bits per heavy atom. The van der Waals surface area contributed by atoms with Crippen molar-refractivity contribution in [2.75, 3.05) is 33.3 Å². The lowest BCUT2D eigenvalue weighted by Crippen LogP contribution is -2.48. The largest absolute Gasteiger partial charge is 0.381 e. The van der Waals surface area contributed by atoms with Gasteiger partial charge in [-0.05, 0) is 98.5 Å². The van der Waals surface area contributed by atoms with Crippen LogP contribution in [0.3, 0.4) is 0 Å². The Morgan fingerprint density at radius 1 is 1.02 bits per heavy atom. The van der Waals surface area contributed by atoms with Gasteiger partial charge >= 0.3 is 0 Å². The summed E-state index contributed by atoms with van der Waals surface area (Å²) < 4.78 is 20.0. The van der Waals surface area contributed by atoms with Crippen molar-refractivity contribution >= 4 is 24.4 Å². The number of methoxy groups -OCH3 is 1. The number of pyridine rings is 1. The number of rotatable bonds is 9. The maximum atomic E-state index is 12.8. The number of nitrogens with zero attached hydrogens (tertiary/aromatic N) is 5. The van der Waals surface area contributed by atoms with Crippen LogP contribution in [0.1, 0.15) is 79.1 Å². The van der Waals surface area contributed by atoms with Crippen LogP contribution in [-0.4, -0.2) is 82.6 Å². The molecule has 0 spiro atoms. The molecule has 2 aromatic carbocycles. The van der Waals surface area contributed by atoms with Gasteiger partial charge in [-0.15, -0.1) is 0 Å². The lowest BCUT2D eigenvalue weighted by atomic mass is 9.98. The van der Waals surface area contributed by atoms with Gasteiger partial charge < -0.3 is 24.4 Å². The summed E-state index contributed by atoms with van der Waals surface area (Å²) in [5.74, 6) is -0.262. The van der Waals surface area contributed by atoms with E-state index in [1.807, 2.05) is 55.0 Å². The maximum absolute atomic E-state index is 12.8.